The van der Waals surface area contributed by atoms with Gasteiger partial charge in [-0.1, -0.05) is 23.5 Å². The number of anilines is 1. The summed E-state index contributed by atoms with van der Waals surface area (Å²) in [6.45, 7) is 3.39. The number of nitrogens with one attached hydrogen (secondary N) is 1. The van der Waals surface area contributed by atoms with E-state index in [-0.39, 0.29) is 17.9 Å². The van der Waals surface area contributed by atoms with E-state index in [9.17, 15) is 9.90 Å². The van der Waals surface area contributed by atoms with Gasteiger partial charge in [-0.15, -0.1) is 0 Å². The first-order chi connectivity index (χ1) is 12.4. The maximum atomic E-state index is 12.3. The number of furan rings is 1. The molecule has 2 heterocycles. The number of aromatic nitrogens is 1. The molecule has 7 heteroatoms. The number of thiazole rings is 1. The Morgan fingerprint density at radius 2 is 2.19 bits per heavy atom. The molecule has 1 fully saturated rings. The van der Waals surface area contributed by atoms with Crippen LogP contribution in [0.4, 0.5) is 5.13 Å². The standard InChI is InChI=1S/C19H20N2O4S/c1-19(2,23)15-10-20-18(26-15)21-17(22)12-8-13(9-12)25-14-5-3-4-11-6-7-24-16(11)14/h3-7,10,12-13,23H,8-9H2,1-2H3,(H,20,21,22)/t12-,13-. The van der Waals surface area contributed by atoms with Gasteiger partial charge in [-0.05, 0) is 38.8 Å². The van der Waals surface area contributed by atoms with Crippen molar-refractivity contribution in [2.24, 2.45) is 5.92 Å². The molecule has 3 aromatic rings. The average Bonchev–Trinajstić information content (AvgIpc) is 3.18. The number of hydrogen-bond donors (Lipinski definition) is 2. The monoisotopic (exact) mass is 372 g/mol. The Kier molecular flexibility index (Phi) is 4.20. The lowest BCUT2D eigenvalue weighted by molar-refractivity contribution is -0.125. The van der Waals surface area contributed by atoms with Gasteiger partial charge in [0.1, 0.15) is 6.10 Å². The molecule has 0 aliphatic heterocycles. The second-order valence-corrected chi connectivity index (χ2v) is 8.11. The third-order valence-electron chi connectivity index (χ3n) is 4.54. The Balaban J connectivity index is 1.32. The summed E-state index contributed by atoms with van der Waals surface area (Å²) in [7, 11) is 0. The van der Waals surface area contributed by atoms with Crippen molar-refractivity contribution in [1.82, 2.24) is 4.98 Å². The molecule has 0 unspecified atom stereocenters. The number of rotatable bonds is 5. The normalized spacial score (nSPS) is 20.0. The maximum Gasteiger partial charge on any atom is 0.229 e. The van der Waals surface area contributed by atoms with E-state index in [4.69, 9.17) is 9.15 Å². The van der Waals surface area contributed by atoms with E-state index in [1.54, 1.807) is 26.3 Å². The van der Waals surface area contributed by atoms with E-state index >= 15 is 0 Å². The minimum atomic E-state index is -0.955. The van der Waals surface area contributed by atoms with Gasteiger partial charge in [-0.2, -0.15) is 0 Å². The summed E-state index contributed by atoms with van der Waals surface area (Å²) in [5.41, 5.74) is -0.217. The molecule has 1 aliphatic carbocycles. The summed E-state index contributed by atoms with van der Waals surface area (Å²) in [5, 5.41) is 14.3. The van der Waals surface area contributed by atoms with Crippen molar-refractivity contribution in [3.05, 3.63) is 41.6 Å². The number of nitrogens with zero attached hydrogens (tertiary/aromatic N) is 1. The number of carbonyl (C=O) groups excluding carboxylic acids is 1. The van der Waals surface area contributed by atoms with Gasteiger partial charge in [0.05, 0.1) is 16.7 Å². The van der Waals surface area contributed by atoms with Crippen LogP contribution in [0.2, 0.25) is 0 Å². The van der Waals surface area contributed by atoms with E-state index in [0.29, 0.717) is 28.6 Å². The van der Waals surface area contributed by atoms with Crippen LogP contribution in [0.3, 0.4) is 0 Å². The van der Waals surface area contributed by atoms with Crippen molar-refractivity contribution in [1.29, 1.82) is 0 Å². The highest BCUT2D eigenvalue weighted by Gasteiger charge is 2.37. The van der Waals surface area contributed by atoms with Crippen LogP contribution >= 0.6 is 11.3 Å². The molecule has 0 atom stereocenters. The molecule has 0 radical (unpaired) electrons. The summed E-state index contributed by atoms with van der Waals surface area (Å²) < 4.78 is 11.5. The van der Waals surface area contributed by atoms with Crippen LogP contribution < -0.4 is 10.1 Å². The highest BCUT2D eigenvalue weighted by atomic mass is 32.1. The molecular formula is C19H20N2O4S. The molecule has 1 aliphatic rings. The van der Waals surface area contributed by atoms with Gasteiger partial charge < -0.3 is 19.6 Å². The molecule has 0 saturated heterocycles. The molecule has 1 aromatic carbocycles. The topological polar surface area (TPSA) is 84.6 Å². The number of fused-ring (bicyclic) bond motifs is 1. The van der Waals surface area contributed by atoms with Gasteiger partial charge >= 0.3 is 0 Å². The molecule has 26 heavy (non-hydrogen) atoms. The number of amides is 1. The van der Waals surface area contributed by atoms with E-state index in [2.05, 4.69) is 10.3 Å². The Labute approximate surface area is 154 Å². The van der Waals surface area contributed by atoms with Gasteiger partial charge in [0.25, 0.3) is 0 Å². The van der Waals surface area contributed by atoms with E-state index in [1.165, 1.54) is 11.3 Å². The number of para-hydroxylation sites is 1. The summed E-state index contributed by atoms with van der Waals surface area (Å²) in [4.78, 5) is 17.2. The quantitative estimate of drug-likeness (QED) is 0.709. The van der Waals surface area contributed by atoms with E-state index < -0.39 is 5.60 Å². The van der Waals surface area contributed by atoms with Gasteiger partial charge in [-0.3, -0.25) is 4.79 Å². The van der Waals surface area contributed by atoms with Gasteiger partial charge in [-0.25, -0.2) is 4.98 Å². The van der Waals surface area contributed by atoms with E-state index in [0.717, 1.165) is 11.0 Å². The summed E-state index contributed by atoms with van der Waals surface area (Å²) in [5.74, 6) is 0.564. The van der Waals surface area contributed by atoms with Crippen molar-refractivity contribution in [3.8, 4) is 5.75 Å². The average molecular weight is 372 g/mol. The fourth-order valence-electron chi connectivity index (χ4n) is 2.94. The zero-order chi connectivity index (χ0) is 18.3. The molecule has 136 valence electrons. The first-order valence-corrected chi connectivity index (χ1v) is 9.34. The van der Waals surface area contributed by atoms with Crippen LogP contribution in [0.1, 0.15) is 31.6 Å². The molecule has 4 rings (SSSR count). The zero-order valence-electron chi connectivity index (χ0n) is 14.6. The minimum Gasteiger partial charge on any atom is -0.486 e. The number of benzene rings is 1. The predicted octanol–water partition coefficient (Wildman–Crippen LogP) is 3.91. The molecule has 2 N–H and O–H groups in total. The molecule has 0 spiro atoms. The molecule has 6 nitrogen and oxygen atoms in total. The first-order valence-electron chi connectivity index (χ1n) is 8.52. The van der Waals surface area contributed by atoms with Crippen molar-refractivity contribution in [2.45, 2.75) is 38.4 Å². The van der Waals surface area contributed by atoms with Crippen LogP contribution in [0.15, 0.2) is 41.1 Å². The lowest BCUT2D eigenvalue weighted by Crippen LogP contribution is -2.40. The fraction of sp³-hybridized carbons (Fsp3) is 0.368. The third kappa shape index (κ3) is 3.32. The second kappa shape index (κ2) is 6.41. The number of hydrogen-bond acceptors (Lipinski definition) is 6. The highest BCUT2D eigenvalue weighted by molar-refractivity contribution is 7.15. The smallest absolute Gasteiger partial charge is 0.229 e. The number of ether oxygens (including phenoxy) is 1. The van der Waals surface area contributed by atoms with Gasteiger partial charge in [0, 0.05) is 17.5 Å². The largest absolute Gasteiger partial charge is 0.486 e. The lowest BCUT2D eigenvalue weighted by Gasteiger charge is -2.34. The van der Waals surface area contributed by atoms with Crippen molar-refractivity contribution in [3.63, 3.8) is 0 Å². The van der Waals surface area contributed by atoms with Crippen LogP contribution in [-0.4, -0.2) is 22.1 Å². The van der Waals surface area contributed by atoms with Crippen molar-refractivity contribution in [2.75, 3.05) is 5.32 Å². The van der Waals surface area contributed by atoms with Crippen molar-refractivity contribution < 1.29 is 19.1 Å². The van der Waals surface area contributed by atoms with Gasteiger partial charge in [0.2, 0.25) is 5.91 Å². The first kappa shape index (κ1) is 17.1. The Bertz CT molecular complexity index is 934. The van der Waals surface area contributed by atoms with Crippen LogP contribution in [0.5, 0.6) is 5.75 Å². The fourth-order valence-corrected chi connectivity index (χ4v) is 3.76. The zero-order valence-corrected chi connectivity index (χ0v) is 15.4. The Morgan fingerprint density at radius 1 is 1.38 bits per heavy atom. The molecule has 2 aromatic heterocycles. The second-order valence-electron chi connectivity index (χ2n) is 7.08. The molecular weight excluding hydrogens is 352 g/mol. The highest BCUT2D eigenvalue weighted by Crippen LogP contribution is 2.36. The molecule has 1 amide bonds. The lowest BCUT2D eigenvalue weighted by atomic mass is 9.81. The minimum absolute atomic E-state index is 0.00433. The number of aliphatic hydroxyl groups is 1. The molecule has 1 saturated carbocycles. The van der Waals surface area contributed by atoms with Gasteiger partial charge in [0.15, 0.2) is 16.5 Å². The maximum absolute atomic E-state index is 12.3. The van der Waals surface area contributed by atoms with Crippen molar-refractivity contribution >= 4 is 33.3 Å². The van der Waals surface area contributed by atoms with E-state index in [1.807, 2.05) is 24.3 Å². The molecule has 0 bridgehead atoms. The predicted molar refractivity (Wildman–Crippen MR) is 99.3 cm³/mol. The number of carbonyl (C=O) groups is 1. The van der Waals surface area contributed by atoms with Crippen LogP contribution in [-0.2, 0) is 10.4 Å². The Hall–Kier alpha value is -2.38. The van der Waals surface area contributed by atoms with Crippen LogP contribution in [0, 0.1) is 5.92 Å². The Morgan fingerprint density at radius 3 is 2.92 bits per heavy atom. The summed E-state index contributed by atoms with van der Waals surface area (Å²) >= 11 is 1.29. The summed E-state index contributed by atoms with van der Waals surface area (Å²) in [6.07, 6.45) is 4.56. The van der Waals surface area contributed by atoms with Crippen LogP contribution in [0.25, 0.3) is 11.0 Å². The SMILES string of the molecule is CC(C)(O)c1cnc(NC(=O)[C@H]2C[C@H](Oc3cccc4ccoc34)C2)s1. The summed E-state index contributed by atoms with van der Waals surface area (Å²) in [6, 6.07) is 7.68. The third-order valence-corrected chi connectivity index (χ3v) is 5.77.